The number of sulfonamides is 1. The normalized spacial score (nSPS) is 14.1. The molecule has 0 unspecified atom stereocenters. The van der Waals surface area contributed by atoms with Crippen LogP contribution in [0, 0.1) is 0 Å². The Balaban J connectivity index is 1.46. The van der Waals surface area contributed by atoms with Gasteiger partial charge in [0.1, 0.15) is 5.75 Å². The van der Waals surface area contributed by atoms with Gasteiger partial charge in [-0.25, -0.2) is 8.42 Å². The highest BCUT2D eigenvalue weighted by atomic mass is 32.2. The van der Waals surface area contributed by atoms with Crippen molar-refractivity contribution in [3.05, 3.63) is 54.1 Å². The van der Waals surface area contributed by atoms with Gasteiger partial charge in [-0.2, -0.15) is 0 Å². The first-order valence-electron chi connectivity index (χ1n) is 11.1. The molecule has 2 aromatic rings. The first-order chi connectivity index (χ1) is 15.4. The predicted molar refractivity (Wildman–Crippen MR) is 129 cm³/mol. The first kappa shape index (κ1) is 23.9. The van der Waals surface area contributed by atoms with E-state index >= 15 is 0 Å². The van der Waals surface area contributed by atoms with E-state index in [9.17, 15) is 13.2 Å². The quantitative estimate of drug-likeness (QED) is 0.588. The van der Waals surface area contributed by atoms with Crippen molar-refractivity contribution in [2.75, 3.05) is 42.2 Å². The number of methoxy groups -OCH3 is 1. The highest BCUT2D eigenvalue weighted by Crippen LogP contribution is 2.22. The number of rotatable bonds is 10. The number of anilines is 2. The van der Waals surface area contributed by atoms with E-state index in [1.54, 1.807) is 31.4 Å². The number of nitrogens with one attached hydrogen (secondary N) is 1. The van der Waals surface area contributed by atoms with Gasteiger partial charge in [-0.05, 0) is 67.6 Å². The Hall–Kier alpha value is -2.74. The summed E-state index contributed by atoms with van der Waals surface area (Å²) in [4.78, 5) is 14.7. The van der Waals surface area contributed by atoms with Crippen LogP contribution in [0.4, 0.5) is 11.4 Å². The number of carbonyl (C=O) groups is 1. The maximum atomic E-state index is 12.3. The lowest BCUT2D eigenvalue weighted by molar-refractivity contribution is -0.121. The zero-order valence-corrected chi connectivity index (χ0v) is 19.7. The molecule has 1 fully saturated rings. The van der Waals surface area contributed by atoms with Crippen molar-refractivity contribution in [3.63, 3.8) is 0 Å². The molecule has 1 heterocycles. The molecule has 0 saturated carbocycles. The van der Waals surface area contributed by atoms with Crippen LogP contribution in [0.3, 0.4) is 0 Å². The second-order valence-corrected chi connectivity index (χ2v) is 10.0. The lowest BCUT2D eigenvalue weighted by Crippen LogP contribution is -2.32. The maximum absolute atomic E-state index is 12.3. The van der Waals surface area contributed by atoms with Gasteiger partial charge in [0.05, 0.1) is 19.1 Å². The Morgan fingerprint density at radius 3 is 2.28 bits per heavy atom. The highest BCUT2D eigenvalue weighted by molar-refractivity contribution is 7.92. The van der Waals surface area contributed by atoms with Crippen molar-refractivity contribution in [1.82, 2.24) is 5.32 Å². The van der Waals surface area contributed by atoms with Crippen LogP contribution in [0.1, 0.15) is 37.7 Å². The molecule has 1 amide bonds. The van der Waals surface area contributed by atoms with E-state index in [1.165, 1.54) is 35.5 Å². The molecule has 174 valence electrons. The van der Waals surface area contributed by atoms with Gasteiger partial charge in [-0.1, -0.05) is 12.1 Å². The molecule has 0 bridgehead atoms. The summed E-state index contributed by atoms with van der Waals surface area (Å²) in [5.74, 6) is 0.568. The molecule has 0 aromatic heterocycles. The number of hydrogen-bond acceptors (Lipinski definition) is 5. The minimum absolute atomic E-state index is 0.0895. The Kier molecular flexibility index (Phi) is 8.39. The van der Waals surface area contributed by atoms with E-state index in [2.05, 4.69) is 34.5 Å². The van der Waals surface area contributed by atoms with Crippen LogP contribution < -0.4 is 19.3 Å². The fourth-order valence-corrected chi connectivity index (χ4v) is 4.85. The van der Waals surface area contributed by atoms with Gasteiger partial charge in [0.15, 0.2) is 0 Å². The van der Waals surface area contributed by atoms with Crippen molar-refractivity contribution in [2.24, 2.45) is 0 Å². The van der Waals surface area contributed by atoms with Crippen LogP contribution in [0.15, 0.2) is 48.5 Å². The average molecular weight is 460 g/mol. The van der Waals surface area contributed by atoms with E-state index in [-0.39, 0.29) is 18.9 Å². The monoisotopic (exact) mass is 459 g/mol. The Labute approximate surface area is 191 Å². The molecule has 8 heteroatoms. The van der Waals surface area contributed by atoms with E-state index in [0.29, 0.717) is 24.4 Å². The molecule has 0 aliphatic carbocycles. The summed E-state index contributed by atoms with van der Waals surface area (Å²) < 4.78 is 30.9. The van der Waals surface area contributed by atoms with Crippen LogP contribution in [0.5, 0.6) is 5.75 Å². The summed E-state index contributed by atoms with van der Waals surface area (Å²) in [6.45, 7) is 2.92. The molecular weight excluding hydrogens is 426 g/mol. The topological polar surface area (TPSA) is 79.0 Å². The third kappa shape index (κ3) is 6.88. The molecule has 2 aromatic carbocycles. The standard InChI is InChI=1S/C24H33N3O4S/c1-31-23-14-12-22(13-15-23)27(32(2,29)30)18-6-7-24(28)25-19-20-8-10-21(11-9-20)26-16-4-3-5-17-26/h8-15H,3-7,16-19H2,1-2H3,(H,25,28). The first-order valence-corrected chi connectivity index (χ1v) is 12.9. The summed E-state index contributed by atoms with van der Waals surface area (Å²) in [5, 5.41) is 2.93. The molecule has 32 heavy (non-hydrogen) atoms. The summed E-state index contributed by atoms with van der Waals surface area (Å²) in [6.07, 6.45) is 5.65. The smallest absolute Gasteiger partial charge is 0.232 e. The van der Waals surface area contributed by atoms with Gasteiger partial charge in [0.2, 0.25) is 15.9 Å². The van der Waals surface area contributed by atoms with Crippen molar-refractivity contribution in [1.29, 1.82) is 0 Å². The van der Waals surface area contributed by atoms with Crippen molar-refractivity contribution >= 4 is 27.3 Å². The van der Waals surface area contributed by atoms with Gasteiger partial charge in [-0.3, -0.25) is 9.10 Å². The van der Waals surface area contributed by atoms with Crippen molar-refractivity contribution in [2.45, 2.75) is 38.6 Å². The lowest BCUT2D eigenvalue weighted by atomic mass is 10.1. The average Bonchev–Trinajstić information content (AvgIpc) is 2.81. The number of carbonyl (C=O) groups excluding carboxylic acids is 1. The van der Waals surface area contributed by atoms with E-state index in [4.69, 9.17) is 4.74 Å². The number of nitrogens with zero attached hydrogens (tertiary/aromatic N) is 2. The van der Waals surface area contributed by atoms with Crippen molar-refractivity contribution in [3.8, 4) is 5.75 Å². The summed E-state index contributed by atoms with van der Waals surface area (Å²) in [6, 6.07) is 15.2. The van der Waals surface area contributed by atoms with Crippen LogP contribution in [-0.4, -0.2) is 47.3 Å². The van der Waals surface area contributed by atoms with Gasteiger partial charge in [0.25, 0.3) is 0 Å². The third-order valence-electron chi connectivity index (χ3n) is 5.67. The number of benzene rings is 2. The number of hydrogen-bond donors (Lipinski definition) is 1. The van der Waals surface area contributed by atoms with E-state index in [0.717, 1.165) is 18.7 Å². The van der Waals surface area contributed by atoms with Crippen molar-refractivity contribution < 1.29 is 17.9 Å². The lowest BCUT2D eigenvalue weighted by Gasteiger charge is -2.28. The minimum Gasteiger partial charge on any atom is -0.497 e. The molecule has 3 rings (SSSR count). The molecule has 0 spiro atoms. The maximum Gasteiger partial charge on any atom is 0.232 e. The summed E-state index contributed by atoms with van der Waals surface area (Å²) >= 11 is 0. The molecule has 1 saturated heterocycles. The fourth-order valence-electron chi connectivity index (χ4n) is 3.88. The van der Waals surface area contributed by atoms with Crippen LogP contribution in [-0.2, 0) is 21.4 Å². The molecule has 1 N–H and O–H groups in total. The van der Waals surface area contributed by atoms with E-state index < -0.39 is 10.0 Å². The number of ether oxygens (including phenoxy) is 1. The Morgan fingerprint density at radius 2 is 1.69 bits per heavy atom. The molecule has 0 radical (unpaired) electrons. The van der Waals surface area contributed by atoms with Crippen LogP contribution >= 0.6 is 0 Å². The summed E-state index contributed by atoms with van der Waals surface area (Å²) in [7, 11) is -1.89. The van der Waals surface area contributed by atoms with Gasteiger partial charge in [-0.15, -0.1) is 0 Å². The Bertz CT molecular complexity index is 969. The molecular formula is C24H33N3O4S. The zero-order valence-electron chi connectivity index (χ0n) is 18.9. The number of amides is 1. The van der Waals surface area contributed by atoms with E-state index in [1.807, 2.05) is 0 Å². The van der Waals surface area contributed by atoms with Crippen LogP contribution in [0.2, 0.25) is 0 Å². The van der Waals surface area contributed by atoms with Gasteiger partial charge in [0, 0.05) is 38.3 Å². The minimum atomic E-state index is -3.45. The highest BCUT2D eigenvalue weighted by Gasteiger charge is 2.18. The largest absolute Gasteiger partial charge is 0.497 e. The zero-order chi connectivity index (χ0) is 23.0. The molecule has 1 aliphatic heterocycles. The molecule has 7 nitrogen and oxygen atoms in total. The van der Waals surface area contributed by atoms with Gasteiger partial charge >= 0.3 is 0 Å². The second kappa shape index (κ2) is 11.2. The molecule has 0 atom stereocenters. The second-order valence-electron chi connectivity index (χ2n) is 8.13. The van der Waals surface area contributed by atoms with Gasteiger partial charge < -0.3 is 15.0 Å². The molecule has 1 aliphatic rings. The summed E-state index contributed by atoms with van der Waals surface area (Å²) in [5.41, 5.74) is 2.84. The fraction of sp³-hybridized carbons (Fsp3) is 0.458. The third-order valence-corrected chi connectivity index (χ3v) is 6.87. The SMILES string of the molecule is COc1ccc(N(CCCC(=O)NCc2ccc(N3CCCCC3)cc2)S(C)(=O)=O)cc1. The van der Waals surface area contributed by atoms with Crippen LogP contribution in [0.25, 0.3) is 0 Å². The number of piperidine rings is 1. The Morgan fingerprint density at radius 1 is 1.03 bits per heavy atom. The predicted octanol–water partition coefficient (Wildman–Crippen LogP) is 3.55.